The number of esters is 1. The van der Waals surface area contributed by atoms with Crippen LogP contribution in [0.15, 0.2) is 29.8 Å². The maximum atomic E-state index is 12.2. The highest BCUT2D eigenvalue weighted by Crippen LogP contribution is 2.61. The third-order valence-electron chi connectivity index (χ3n) is 7.98. The Bertz CT molecular complexity index is 857. The van der Waals surface area contributed by atoms with Gasteiger partial charge in [-0.3, -0.25) is 9.59 Å². The number of carbonyl (C=O) groups is 2. The highest BCUT2D eigenvalue weighted by Gasteiger charge is 2.53. The summed E-state index contributed by atoms with van der Waals surface area (Å²) in [5.74, 6) is -0.0122. The number of hydrogen-bond donors (Lipinski definition) is 2. The van der Waals surface area contributed by atoms with Gasteiger partial charge >= 0.3 is 11.9 Å². The van der Waals surface area contributed by atoms with Crippen LogP contribution in [0.5, 0.6) is 11.5 Å². The van der Waals surface area contributed by atoms with E-state index in [1.54, 1.807) is 12.1 Å². The zero-order valence-corrected chi connectivity index (χ0v) is 18.5. The number of aliphatic carboxylic acids is 1. The van der Waals surface area contributed by atoms with E-state index in [0.717, 1.165) is 24.8 Å². The Kier molecular flexibility index (Phi) is 6.30. The molecule has 0 saturated heterocycles. The normalized spacial score (nSPS) is 30.9. The summed E-state index contributed by atoms with van der Waals surface area (Å²) in [4.78, 5) is 22.9. The number of phenols is 1. The molecule has 0 bridgehead atoms. The first kappa shape index (κ1) is 22.4. The minimum atomic E-state index is -1.03. The molecule has 2 aliphatic carbocycles. The third-order valence-corrected chi connectivity index (χ3v) is 7.98. The number of benzene rings is 1. The number of ether oxygens (including phenoxy) is 1. The first-order chi connectivity index (χ1) is 14.1. The Morgan fingerprint density at radius 3 is 2.63 bits per heavy atom. The SMILES string of the molecule is CC1=CCC[C@H]2[C@](C)(Cc3cc(O)ccc3OC(=O)CCC(=O)O)[C@@H](C)CC[C@]12C. The van der Waals surface area contributed by atoms with Gasteiger partial charge in [-0.25, -0.2) is 0 Å². The Labute approximate surface area is 179 Å². The van der Waals surface area contributed by atoms with Crippen LogP contribution in [0, 0.1) is 22.7 Å². The van der Waals surface area contributed by atoms with E-state index in [0.29, 0.717) is 24.0 Å². The summed E-state index contributed by atoms with van der Waals surface area (Å²) in [6, 6.07) is 4.81. The molecule has 2 aliphatic rings. The summed E-state index contributed by atoms with van der Waals surface area (Å²) in [6.45, 7) is 9.31. The van der Waals surface area contributed by atoms with Crippen LogP contribution >= 0.6 is 0 Å². The lowest BCUT2D eigenvalue weighted by Crippen LogP contribution is -2.50. The van der Waals surface area contributed by atoms with Crippen LogP contribution in [0.4, 0.5) is 0 Å². The zero-order valence-electron chi connectivity index (χ0n) is 18.5. The first-order valence-corrected chi connectivity index (χ1v) is 11.0. The van der Waals surface area contributed by atoms with E-state index in [4.69, 9.17) is 9.84 Å². The predicted molar refractivity (Wildman–Crippen MR) is 115 cm³/mol. The fourth-order valence-corrected chi connectivity index (χ4v) is 5.81. The van der Waals surface area contributed by atoms with Crippen LogP contribution in [-0.4, -0.2) is 22.2 Å². The summed E-state index contributed by atoms with van der Waals surface area (Å²) in [6.07, 6.45) is 7.22. The number of rotatable bonds is 6. The molecule has 164 valence electrons. The highest BCUT2D eigenvalue weighted by atomic mass is 16.5. The minimum Gasteiger partial charge on any atom is -0.508 e. The van der Waals surface area contributed by atoms with Crippen molar-refractivity contribution in [3.05, 3.63) is 35.4 Å². The van der Waals surface area contributed by atoms with Crippen molar-refractivity contribution < 1.29 is 24.5 Å². The van der Waals surface area contributed by atoms with Gasteiger partial charge in [0.05, 0.1) is 12.8 Å². The molecule has 0 heterocycles. The molecule has 4 atom stereocenters. The molecule has 1 aromatic rings. The molecule has 0 amide bonds. The Hall–Kier alpha value is -2.30. The third kappa shape index (κ3) is 4.26. The van der Waals surface area contributed by atoms with Crippen molar-refractivity contribution in [2.75, 3.05) is 0 Å². The minimum absolute atomic E-state index is 0.00145. The second-order valence-corrected chi connectivity index (χ2v) is 9.72. The van der Waals surface area contributed by atoms with Crippen molar-refractivity contribution in [3.63, 3.8) is 0 Å². The van der Waals surface area contributed by atoms with E-state index in [9.17, 15) is 14.7 Å². The number of aromatic hydroxyl groups is 1. The molecular weight excluding hydrogens is 380 g/mol. The number of hydrogen-bond acceptors (Lipinski definition) is 4. The van der Waals surface area contributed by atoms with Gasteiger partial charge in [0.2, 0.25) is 0 Å². The summed E-state index contributed by atoms with van der Waals surface area (Å²) in [7, 11) is 0. The molecule has 2 N–H and O–H groups in total. The van der Waals surface area contributed by atoms with Gasteiger partial charge in [0.15, 0.2) is 0 Å². The van der Waals surface area contributed by atoms with E-state index in [2.05, 4.69) is 33.8 Å². The van der Waals surface area contributed by atoms with Gasteiger partial charge in [0.25, 0.3) is 0 Å². The van der Waals surface area contributed by atoms with Crippen LogP contribution < -0.4 is 4.74 Å². The van der Waals surface area contributed by atoms with Crippen LogP contribution in [0.25, 0.3) is 0 Å². The van der Waals surface area contributed by atoms with Gasteiger partial charge in [-0.2, -0.15) is 0 Å². The Morgan fingerprint density at radius 1 is 1.20 bits per heavy atom. The number of carboxylic acid groups (broad SMARTS) is 1. The quantitative estimate of drug-likeness (QED) is 0.365. The number of carboxylic acids is 1. The lowest BCUT2D eigenvalue weighted by Gasteiger charge is -2.58. The van der Waals surface area contributed by atoms with Crippen LogP contribution in [-0.2, 0) is 16.0 Å². The number of carbonyl (C=O) groups excluding carboxylic acids is 1. The largest absolute Gasteiger partial charge is 0.508 e. The number of allylic oxidation sites excluding steroid dienone is 2. The van der Waals surface area contributed by atoms with Crippen molar-refractivity contribution in [2.45, 2.75) is 72.6 Å². The molecule has 1 fully saturated rings. The molecule has 0 radical (unpaired) electrons. The van der Waals surface area contributed by atoms with Gasteiger partial charge in [-0.15, -0.1) is 0 Å². The first-order valence-electron chi connectivity index (χ1n) is 11.0. The molecule has 0 aromatic heterocycles. The van der Waals surface area contributed by atoms with Crippen molar-refractivity contribution in [2.24, 2.45) is 22.7 Å². The maximum Gasteiger partial charge on any atom is 0.311 e. The zero-order chi connectivity index (χ0) is 22.1. The molecular formula is C25H34O5. The lowest BCUT2D eigenvalue weighted by atomic mass is 9.47. The molecule has 0 spiro atoms. The average Bonchev–Trinajstić information content (AvgIpc) is 2.67. The fraction of sp³-hybridized carbons (Fsp3) is 0.600. The average molecular weight is 415 g/mol. The number of fused-ring (bicyclic) bond motifs is 1. The van der Waals surface area contributed by atoms with Crippen LogP contribution in [0.1, 0.15) is 71.8 Å². The smallest absolute Gasteiger partial charge is 0.311 e. The molecule has 1 saturated carbocycles. The van der Waals surface area contributed by atoms with Gasteiger partial charge < -0.3 is 14.9 Å². The van der Waals surface area contributed by atoms with Gasteiger partial charge in [0, 0.05) is 0 Å². The van der Waals surface area contributed by atoms with Crippen molar-refractivity contribution in [1.82, 2.24) is 0 Å². The van der Waals surface area contributed by atoms with Crippen molar-refractivity contribution in [1.29, 1.82) is 0 Å². The van der Waals surface area contributed by atoms with Gasteiger partial charge in [0.1, 0.15) is 11.5 Å². The van der Waals surface area contributed by atoms with Crippen LogP contribution in [0.2, 0.25) is 0 Å². The van der Waals surface area contributed by atoms with E-state index in [1.807, 2.05) is 0 Å². The lowest BCUT2D eigenvalue weighted by molar-refractivity contribution is -0.142. The van der Waals surface area contributed by atoms with E-state index < -0.39 is 11.9 Å². The fourth-order valence-electron chi connectivity index (χ4n) is 5.81. The Balaban J connectivity index is 1.90. The number of phenolic OH excluding ortho intramolecular Hbond substituents is 1. The monoisotopic (exact) mass is 414 g/mol. The second kappa shape index (κ2) is 8.44. The molecule has 0 unspecified atom stereocenters. The van der Waals surface area contributed by atoms with Crippen LogP contribution in [0.3, 0.4) is 0 Å². The molecule has 5 heteroatoms. The highest BCUT2D eigenvalue weighted by molar-refractivity contribution is 5.78. The Morgan fingerprint density at radius 2 is 1.93 bits per heavy atom. The standard InChI is InChI=1S/C25H34O5/c1-16-6-5-7-21-24(16,3)13-12-17(2)25(21,4)15-18-14-19(26)8-9-20(18)30-23(29)11-10-22(27)28/h6,8-9,14,17,21,26H,5,7,10-13,15H2,1-4H3,(H,27,28)/t17-,21+,24+,25+/m0/s1. The molecule has 3 rings (SSSR count). The van der Waals surface area contributed by atoms with E-state index in [1.165, 1.54) is 18.1 Å². The predicted octanol–water partition coefficient (Wildman–Crippen LogP) is 5.50. The molecule has 30 heavy (non-hydrogen) atoms. The van der Waals surface area contributed by atoms with Gasteiger partial charge in [-0.05, 0) is 85.5 Å². The summed E-state index contributed by atoms with van der Waals surface area (Å²) in [5, 5.41) is 18.9. The van der Waals surface area contributed by atoms with Crippen molar-refractivity contribution in [3.8, 4) is 11.5 Å². The second-order valence-electron chi connectivity index (χ2n) is 9.72. The summed E-state index contributed by atoms with van der Waals surface area (Å²) in [5.41, 5.74) is 2.46. The van der Waals surface area contributed by atoms with E-state index in [-0.39, 0.29) is 29.4 Å². The summed E-state index contributed by atoms with van der Waals surface area (Å²) < 4.78 is 5.53. The van der Waals surface area contributed by atoms with Crippen molar-refractivity contribution >= 4 is 11.9 Å². The maximum absolute atomic E-state index is 12.2. The van der Waals surface area contributed by atoms with Gasteiger partial charge in [-0.1, -0.05) is 32.4 Å². The molecule has 0 aliphatic heterocycles. The topological polar surface area (TPSA) is 83.8 Å². The van der Waals surface area contributed by atoms with E-state index >= 15 is 0 Å². The molecule has 5 nitrogen and oxygen atoms in total. The summed E-state index contributed by atoms with van der Waals surface area (Å²) >= 11 is 0. The molecule has 1 aromatic carbocycles.